The molecule has 0 aromatic heterocycles. The van der Waals surface area contributed by atoms with E-state index < -0.39 is 23.9 Å². The van der Waals surface area contributed by atoms with E-state index in [9.17, 15) is 20.4 Å². The zero-order chi connectivity index (χ0) is 26.9. The van der Waals surface area contributed by atoms with E-state index >= 15 is 0 Å². The van der Waals surface area contributed by atoms with Gasteiger partial charge < -0.3 is 25.2 Å². The van der Waals surface area contributed by atoms with E-state index in [1.807, 2.05) is 0 Å². The molecule has 5 heteroatoms. The van der Waals surface area contributed by atoms with Crippen LogP contribution in [0.25, 0.3) is 0 Å². The van der Waals surface area contributed by atoms with Crippen LogP contribution in [0, 0.1) is 50.7 Å². The Hall–Kier alpha value is -0.200. The first kappa shape index (κ1) is 27.4. The van der Waals surface area contributed by atoms with Crippen LogP contribution < -0.4 is 0 Å². The van der Waals surface area contributed by atoms with Crippen molar-refractivity contribution in [3.05, 3.63) is 0 Å². The molecule has 36 heavy (non-hydrogen) atoms. The van der Waals surface area contributed by atoms with Gasteiger partial charge in [-0.15, -0.1) is 0 Å². The Kier molecular flexibility index (Phi) is 6.03. The molecule has 4 saturated carbocycles. The zero-order valence-electron chi connectivity index (χ0n) is 24.3. The van der Waals surface area contributed by atoms with Crippen molar-refractivity contribution in [1.82, 2.24) is 0 Å². The fourth-order valence-electron chi connectivity index (χ4n) is 11.6. The molecule has 1 heterocycles. The Morgan fingerprint density at radius 1 is 0.833 bits per heavy atom. The van der Waals surface area contributed by atoms with E-state index in [0.29, 0.717) is 24.2 Å². The Labute approximate surface area is 219 Å². The first-order valence-electron chi connectivity index (χ1n) is 14.8. The van der Waals surface area contributed by atoms with Crippen molar-refractivity contribution in [3.8, 4) is 0 Å². The van der Waals surface area contributed by atoms with E-state index in [1.165, 1.54) is 0 Å². The van der Waals surface area contributed by atoms with E-state index in [4.69, 9.17) is 4.74 Å². The monoisotopic (exact) mass is 506 g/mol. The molecule has 0 amide bonds. The highest BCUT2D eigenvalue weighted by Gasteiger charge is 2.76. The maximum absolute atomic E-state index is 12.2. The molecule has 5 aliphatic rings. The van der Waals surface area contributed by atoms with Crippen LogP contribution in [-0.2, 0) is 4.74 Å². The first-order valence-corrected chi connectivity index (χ1v) is 14.8. The second-order valence-corrected chi connectivity index (χ2v) is 16.0. The number of aliphatic hydroxyl groups excluding tert-OH is 3. The highest BCUT2D eigenvalue weighted by Crippen LogP contribution is 2.79. The molecule has 0 bridgehead atoms. The van der Waals surface area contributed by atoms with Gasteiger partial charge in [0.25, 0.3) is 0 Å². The third-order valence-corrected chi connectivity index (χ3v) is 14.0. The summed E-state index contributed by atoms with van der Waals surface area (Å²) in [6.45, 7) is 19.9. The zero-order valence-corrected chi connectivity index (χ0v) is 24.3. The second kappa shape index (κ2) is 7.93. The first-order chi connectivity index (χ1) is 16.4. The predicted molar refractivity (Wildman–Crippen MR) is 141 cm³/mol. The van der Waals surface area contributed by atoms with Gasteiger partial charge in [-0.2, -0.15) is 0 Å². The van der Waals surface area contributed by atoms with Crippen molar-refractivity contribution < 1.29 is 25.2 Å². The van der Waals surface area contributed by atoms with Crippen LogP contribution >= 0.6 is 0 Å². The maximum atomic E-state index is 12.2. The van der Waals surface area contributed by atoms with Gasteiger partial charge >= 0.3 is 0 Å². The van der Waals surface area contributed by atoms with E-state index in [1.54, 1.807) is 13.8 Å². The minimum atomic E-state index is -1.24. The normalized spacial score (nSPS) is 57.2. The summed E-state index contributed by atoms with van der Waals surface area (Å²) in [7, 11) is 0. The van der Waals surface area contributed by atoms with Crippen LogP contribution in [0.3, 0.4) is 0 Å². The summed E-state index contributed by atoms with van der Waals surface area (Å²) >= 11 is 0. The molecule has 1 aliphatic heterocycles. The predicted octanol–water partition coefficient (Wildman–Crippen LogP) is 4.93. The Balaban J connectivity index is 1.54. The van der Waals surface area contributed by atoms with Gasteiger partial charge in [-0.3, -0.25) is 0 Å². The fraction of sp³-hybridized carbons (Fsp3) is 1.00. The van der Waals surface area contributed by atoms with Gasteiger partial charge in [0.1, 0.15) is 6.10 Å². The lowest BCUT2D eigenvalue weighted by atomic mass is 9.32. The van der Waals surface area contributed by atoms with Crippen LogP contribution in [0.15, 0.2) is 0 Å². The smallest absolute Gasteiger partial charge is 0.108 e. The van der Waals surface area contributed by atoms with Crippen molar-refractivity contribution in [2.45, 2.75) is 143 Å². The number of rotatable bonds is 2. The van der Waals surface area contributed by atoms with Gasteiger partial charge in [0.2, 0.25) is 0 Å². The molecule has 0 aromatic carbocycles. The molecule has 1 saturated heterocycles. The maximum Gasteiger partial charge on any atom is 0.108 e. The molecular weight excluding hydrogens is 452 g/mol. The van der Waals surface area contributed by atoms with Gasteiger partial charge in [-0.1, -0.05) is 48.5 Å². The van der Waals surface area contributed by atoms with Gasteiger partial charge in [-0.05, 0) is 104 Å². The summed E-state index contributed by atoms with van der Waals surface area (Å²) in [5.74, 6) is 1.39. The summed E-state index contributed by atoms with van der Waals surface area (Å²) in [5, 5.41) is 44.6. The molecular formula is C31H54O5. The van der Waals surface area contributed by atoms with Gasteiger partial charge in [0.05, 0.1) is 30.0 Å². The number of hydrogen-bond donors (Lipinski definition) is 4. The molecule has 5 rings (SSSR count). The number of ether oxygens (including phenoxy) is 1. The third kappa shape index (κ3) is 3.13. The summed E-state index contributed by atoms with van der Waals surface area (Å²) < 4.78 is 6.60. The van der Waals surface area contributed by atoms with Crippen molar-refractivity contribution in [2.75, 3.05) is 0 Å². The lowest BCUT2D eigenvalue weighted by molar-refractivity contribution is -0.256. The average Bonchev–Trinajstić information content (AvgIpc) is 2.95. The van der Waals surface area contributed by atoms with Crippen LogP contribution in [0.5, 0.6) is 0 Å². The van der Waals surface area contributed by atoms with Crippen LogP contribution in [0.2, 0.25) is 0 Å². The molecule has 0 radical (unpaired) electrons. The highest BCUT2D eigenvalue weighted by atomic mass is 16.5. The van der Waals surface area contributed by atoms with Crippen molar-refractivity contribution in [2.24, 2.45) is 50.7 Å². The highest BCUT2D eigenvalue weighted by molar-refractivity contribution is 5.25. The Morgan fingerprint density at radius 3 is 2.00 bits per heavy atom. The summed E-state index contributed by atoms with van der Waals surface area (Å²) in [6.07, 6.45) is 4.43. The van der Waals surface area contributed by atoms with Crippen molar-refractivity contribution in [3.63, 3.8) is 0 Å². The fourth-order valence-corrected chi connectivity index (χ4v) is 11.6. The minimum Gasteiger partial charge on any atom is -0.393 e. The second-order valence-electron chi connectivity index (χ2n) is 16.0. The lowest BCUT2D eigenvalue weighted by Crippen LogP contribution is -2.67. The van der Waals surface area contributed by atoms with E-state index in [-0.39, 0.29) is 45.2 Å². The molecule has 5 nitrogen and oxygen atoms in total. The molecule has 4 aliphatic carbocycles. The summed E-state index contributed by atoms with van der Waals surface area (Å²) in [5.41, 5.74) is -1.45. The largest absolute Gasteiger partial charge is 0.393 e. The SMILES string of the molecule is C[C@@H]1C[C@H]([C@H](O)C(C)(C)O)O[C@H]2[C@@H]1[C@@]1(C)CC[C@]3(C)[C@@H](CC[C@H]4C(C)(C)[C@@H](O)CC[C@@]43C)[C@]1(C)[C@H]2O. The van der Waals surface area contributed by atoms with Crippen molar-refractivity contribution >= 4 is 0 Å². The molecule has 208 valence electrons. The lowest BCUT2D eigenvalue weighted by Gasteiger charge is -2.72. The minimum absolute atomic E-state index is 0.0434. The Morgan fingerprint density at radius 2 is 1.39 bits per heavy atom. The molecule has 5 fully saturated rings. The molecule has 4 N–H and O–H groups in total. The average molecular weight is 507 g/mol. The van der Waals surface area contributed by atoms with E-state index in [0.717, 1.165) is 38.5 Å². The molecule has 0 spiro atoms. The quantitative estimate of drug-likeness (QED) is 0.426. The van der Waals surface area contributed by atoms with Crippen LogP contribution in [0.4, 0.5) is 0 Å². The van der Waals surface area contributed by atoms with Crippen molar-refractivity contribution in [1.29, 1.82) is 0 Å². The number of aliphatic hydroxyl groups is 4. The van der Waals surface area contributed by atoms with Gasteiger partial charge in [0.15, 0.2) is 0 Å². The standard InChI is InChI=1S/C31H54O5/c1-17-16-18(24(33)27(4,5)35)36-23-22(17)30(8)15-14-29(7)20(31(30,9)25(23)34)11-10-19-26(2,3)21(32)12-13-28(19,29)6/h17-25,32-35H,10-16H2,1-9H3/t17-,18-,19+,20-,21+,22-,23+,24+,25+,28+,29-,30-,31-/m1/s1. The number of hydrogen-bond acceptors (Lipinski definition) is 5. The van der Waals surface area contributed by atoms with Gasteiger partial charge in [0, 0.05) is 5.41 Å². The van der Waals surface area contributed by atoms with Gasteiger partial charge in [-0.25, -0.2) is 0 Å². The van der Waals surface area contributed by atoms with E-state index in [2.05, 4.69) is 48.5 Å². The third-order valence-electron chi connectivity index (χ3n) is 14.0. The Bertz CT molecular complexity index is 881. The van der Waals surface area contributed by atoms with Crippen LogP contribution in [-0.4, -0.2) is 56.5 Å². The molecule has 0 aromatic rings. The topological polar surface area (TPSA) is 90.2 Å². The number of fused-ring (bicyclic) bond motifs is 7. The summed E-state index contributed by atoms with van der Waals surface area (Å²) in [6, 6.07) is 0. The molecule has 0 unspecified atom stereocenters. The van der Waals surface area contributed by atoms with Crippen LogP contribution in [0.1, 0.15) is 107 Å². The molecule has 13 atom stereocenters. The summed E-state index contributed by atoms with van der Waals surface area (Å²) in [4.78, 5) is 0.